The third-order valence-electron chi connectivity index (χ3n) is 3.36. The van der Waals surface area contributed by atoms with Gasteiger partial charge in [0.25, 0.3) is 0 Å². The topological polar surface area (TPSA) is 43.1 Å². The second kappa shape index (κ2) is 7.87. The van der Waals surface area contributed by atoms with Crippen LogP contribution in [0.5, 0.6) is 0 Å². The molecule has 21 heavy (non-hydrogen) atoms. The second-order valence-electron chi connectivity index (χ2n) is 5.04. The maximum Gasteiger partial charge on any atom is 0.0560 e. The van der Waals surface area contributed by atoms with E-state index < -0.39 is 10.8 Å². The molecule has 0 aliphatic rings. The lowest BCUT2D eigenvalue weighted by Crippen LogP contribution is -2.18. The van der Waals surface area contributed by atoms with Crippen molar-refractivity contribution in [1.82, 2.24) is 0 Å². The van der Waals surface area contributed by atoms with E-state index in [4.69, 9.17) is 5.73 Å². The lowest BCUT2D eigenvalue weighted by Gasteiger charge is -2.13. The molecule has 0 aliphatic heterocycles. The molecule has 0 saturated heterocycles. The first kappa shape index (κ1) is 16.4. The maximum absolute atomic E-state index is 12.4. The molecule has 0 bridgehead atoms. The van der Waals surface area contributed by atoms with Gasteiger partial charge in [0.2, 0.25) is 0 Å². The Hall–Kier alpha value is -0.970. The van der Waals surface area contributed by atoms with Gasteiger partial charge in [0.1, 0.15) is 0 Å². The number of halogens is 1. The highest BCUT2D eigenvalue weighted by Gasteiger charge is 2.14. The molecule has 0 saturated carbocycles. The Morgan fingerprint density at radius 3 is 2.43 bits per heavy atom. The first-order chi connectivity index (χ1) is 10.1. The van der Waals surface area contributed by atoms with Crippen LogP contribution in [-0.2, 0) is 17.2 Å². The fourth-order valence-electron chi connectivity index (χ4n) is 2.20. The van der Waals surface area contributed by atoms with Gasteiger partial charge in [0, 0.05) is 16.3 Å². The molecule has 0 aliphatic carbocycles. The number of benzene rings is 2. The number of hydrogen-bond donors (Lipinski definition) is 1. The van der Waals surface area contributed by atoms with E-state index in [9.17, 15) is 4.21 Å². The van der Waals surface area contributed by atoms with Crippen LogP contribution in [0.25, 0.3) is 0 Å². The summed E-state index contributed by atoms with van der Waals surface area (Å²) in [6.45, 7) is 2.17. The molecule has 0 spiro atoms. The third kappa shape index (κ3) is 4.50. The van der Waals surface area contributed by atoms with Crippen LogP contribution in [0.2, 0.25) is 0 Å². The Morgan fingerprint density at radius 1 is 1.14 bits per heavy atom. The summed E-state index contributed by atoms with van der Waals surface area (Å²) in [7, 11) is -1.11. The van der Waals surface area contributed by atoms with Crippen LogP contribution in [0.4, 0.5) is 0 Å². The highest BCUT2D eigenvalue weighted by molar-refractivity contribution is 9.10. The highest BCUT2D eigenvalue weighted by Crippen LogP contribution is 2.22. The molecular formula is C17H20BrNOS. The van der Waals surface area contributed by atoms with E-state index in [0.717, 1.165) is 27.8 Å². The number of aryl methyl sites for hydroxylation is 1. The van der Waals surface area contributed by atoms with Crippen molar-refractivity contribution in [3.63, 3.8) is 0 Å². The van der Waals surface area contributed by atoms with Crippen molar-refractivity contribution in [2.75, 3.05) is 5.75 Å². The summed E-state index contributed by atoms with van der Waals surface area (Å²) in [6.07, 6.45) is 2.22. The average Bonchev–Trinajstić information content (AvgIpc) is 2.48. The largest absolute Gasteiger partial charge is 0.323 e. The standard InChI is InChI=1S/C17H20BrNOS/c1-2-5-13-8-10-14(11-9-13)16(19)12-21(20)17-7-4-3-6-15(17)18/h3-4,6-11,16H,2,5,12,19H2,1H3. The van der Waals surface area contributed by atoms with E-state index in [2.05, 4.69) is 35.0 Å². The minimum atomic E-state index is -1.11. The molecule has 0 amide bonds. The zero-order valence-electron chi connectivity index (χ0n) is 12.1. The smallest absolute Gasteiger partial charge is 0.0560 e. The number of rotatable bonds is 6. The van der Waals surface area contributed by atoms with Gasteiger partial charge >= 0.3 is 0 Å². The van der Waals surface area contributed by atoms with Gasteiger partial charge in [0.15, 0.2) is 0 Å². The van der Waals surface area contributed by atoms with Gasteiger partial charge in [0.05, 0.1) is 15.7 Å². The van der Waals surface area contributed by atoms with Gasteiger partial charge in [-0.3, -0.25) is 4.21 Å². The fraction of sp³-hybridized carbons (Fsp3) is 0.294. The van der Waals surface area contributed by atoms with Crippen molar-refractivity contribution in [3.8, 4) is 0 Å². The second-order valence-corrected chi connectivity index (χ2v) is 7.36. The average molecular weight is 366 g/mol. The van der Waals surface area contributed by atoms with E-state index >= 15 is 0 Å². The molecule has 2 rings (SSSR count). The normalized spacial score (nSPS) is 13.9. The molecule has 2 unspecified atom stereocenters. The Morgan fingerprint density at radius 2 is 1.81 bits per heavy atom. The molecule has 2 N–H and O–H groups in total. The van der Waals surface area contributed by atoms with Crippen LogP contribution in [0.15, 0.2) is 57.9 Å². The summed E-state index contributed by atoms with van der Waals surface area (Å²) in [5.41, 5.74) is 8.56. The SMILES string of the molecule is CCCc1ccc(C(N)CS(=O)c2ccccc2Br)cc1. The molecule has 2 aromatic carbocycles. The molecule has 0 heterocycles. The molecule has 2 atom stereocenters. The van der Waals surface area contributed by atoms with Crippen LogP contribution in [0.3, 0.4) is 0 Å². The fourth-order valence-corrected chi connectivity index (χ4v) is 4.24. The number of hydrogen-bond acceptors (Lipinski definition) is 2. The number of nitrogens with two attached hydrogens (primary N) is 1. The van der Waals surface area contributed by atoms with E-state index in [1.165, 1.54) is 5.56 Å². The van der Waals surface area contributed by atoms with Crippen molar-refractivity contribution in [1.29, 1.82) is 0 Å². The van der Waals surface area contributed by atoms with Crippen molar-refractivity contribution < 1.29 is 4.21 Å². The van der Waals surface area contributed by atoms with Crippen molar-refractivity contribution >= 4 is 26.7 Å². The Labute approximate surface area is 137 Å². The highest BCUT2D eigenvalue weighted by atomic mass is 79.9. The Bertz CT molecular complexity index is 612. The maximum atomic E-state index is 12.4. The molecule has 2 aromatic rings. The minimum absolute atomic E-state index is 0.214. The van der Waals surface area contributed by atoms with Gasteiger partial charge in [-0.15, -0.1) is 0 Å². The summed E-state index contributed by atoms with van der Waals surface area (Å²) in [5, 5.41) is 0. The molecule has 2 nitrogen and oxygen atoms in total. The lowest BCUT2D eigenvalue weighted by atomic mass is 10.0. The summed E-state index contributed by atoms with van der Waals surface area (Å²) in [4.78, 5) is 0.801. The lowest BCUT2D eigenvalue weighted by molar-refractivity contribution is 0.675. The van der Waals surface area contributed by atoms with E-state index in [-0.39, 0.29) is 6.04 Å². The predicted molar refractivity (Wildman–Crippen MR) is 92.8 cm³/mol. The predicted octanol–water partition coefficient (Wildman–Crippen LogP) is 4.21. The monoisotopic (exact) mass is 365 g/mol. The van der Waals surface area contributed by atoms with Gasteiger partial charge in [-0.1, -0.05) is 49.7 Å². The van der Waals surface area contributed by atoms with Crippen LogP contribution in [0.1, 0.15) is 30.5 Å². The Balaban J connectivity index is 2.05. The van der Waals surface area contributed by atoms with Crippen LogP contribution >= 0.6 is 15.9 Å². The zero-order valence-corrected chi connectivity index (χ0v) is 14.5. The van der Waals surface area contributed by atoms with E-state index in [1.807, 2.05) is 36.4 Å². The van der Waals surface area contributed by atoms with Gasteiger partial charge in [-0.2, -0.15) is 0 Å². The molecule has 112 valence electrons. The first-order valence-electron chi connectivity index (χ1n) is 7.09. The minimum Gasteiger partial charge on any atom is -0.323 e. The van der Waals surface area contributed by atoms with Crippen molar-refractivity contribution in [3.05, 3.63) is 64.1 Å². The molecule has 0 fully saturated rings. The molecule has 4 heteroatoms. The molecule has 0 aromatic heterocycles. The van der Waals surface area contributed by atoms with Crippen LogP contribution < -0.4 is 5.73 Å². The van der Waals surface area contributed by atoms with E-state index in [1.54, 1.807) is 0 Å². The van der Waals surface area contributed by atoms with Crippen molar-refractivity contribution in [2.24, 2.45) is 5.73 Å². The van der Waals surface area contributed by atoms with Crippen LogP contribution in [-0.4, -0.2) is 9.96 Å². The molecular weight excluding hydrogens is 346 g/mol. The van der Waals surface area contributed by atoms with Crippen LogP contribution in [0, 0.1) is 0 Å². The summed E-state index contributed by atoms with van der Waals surface area (Å²) < 4.78 is 13.3. The Kier molecular flexibility index (Phi) is 6.15. The zero-order chi connectivity index (χ0) is 15.2. The van der Waals surface area contributed by atoms with Gasteiger partial charge in [-0.25, -0.2) is 0 Å². The third-order valence-corrected chi connectivity index (χ3v) is 5.82. The van der Waals surface area contributed by atoms with Gasteiger partial charge < -0.3 is 5.73 Å². The summed E-state index contributed by atoms with van der Waals surface area (Å²) >= 11 is 3.44. The summed E-state index contributed by atoms with van der Waals surface area (Å²) in [6, 6.07) is 15.7. The first-order valence-corrected chi connectivity index (χ1v) is 9.20. The quantitative estimate of drug-likeness (QED) is 0.832. The van der Waals surface area contributed by atoms with E-state index in [0.29, 0.717) is 5.75 Å². The molecule has 0 radical (unpaired) electrons. The summed E-state index contributed by atoms with van der Waals surface area (Å²) in [5.74, 6) is 0.426. The van der Waals surface area contributed by atoms with Crippen molar-refractivity contribution in [2.45, 2.75) is 30.7 Å². The van der Waals surface area contributed by atoms with Gasteiger partial charge in [-0.05, 0) is 45.6 Å².